The second-order valence-corrected chi connectivity index (χ2v) is 1.83. The monoisotopic (exact) mass is 207 g/mol. The quantitative estimate of drug-likeness (QED) is 0.517. The predicted molar refractivity (Wildman–Crippen MR) is 38.6 cm³/mol. The number of nitrogens with zero attached hydrogens (tertiary/aromatic N) is 1. The summed E-state index contributed by atoms with van der Waals surface area (Å²) in [7, 11) is 0. The van der Waals surface area contributed by atoms with E-state index in [0.717, 1.165) is 5.56 Å². The maximum atomic E-state index is 4.99. The van der Waals surface area contributed by atoms with E-state index in [2.05, 4.69) is 4.99 Å². The number of rotatable bonds is 2. The average Bonchev–Trinajstić information content (AvgIpc) is 1.91. The van der Waals surface area contributed by atoms with E-state index in [1.54, 1.807) is 0 Å². The first-order valence-electron chi connectivity index (χ1n) is 2.84. The van der Waals surface area contributed by atoms with Crippen LogP contribution in [0, 0.1) is 0 Å². The van der Waals surface area contributed by atoms with Crippen molar-refractivity contribution in [2.75, 3.05) is 0 Å². The summed E-state index contributed by atoms with van der Waals surface area (Å²) in [6, 6.07) is 9.91. The van der Waals surface area contributed by atoms with E-state index in [4.69, 9.17) is 6.72 Å². The second-order valence-electron chi connectivity index (χ2n) is 1.83. The Hall–Kier alpha value is -0.00610. The fourth-order valence-corrected chi connectivity index (χ4v) is 0.689. The Kier molecular flexibility index (Phi) is 5.75. The minimum atomic E-state index is 0. The largest absolute Gasteiger partial charge is 0.502 e. The molecule has 0 spiro atoms. The van der Waals surface area contributed by atoms with Crippen molar-refractivity contribution in [3.63, 3.8) is 0 Å². The molecule has 0 saturated heterocycles. The van der Waals surface area contributed by atoms with Crippen LogP contribution in [0.1, 0.15) is 5.56 Å². The summed E-state index contributed by atoms with van der Waals surface area (Å²) in [4.78, 5) is 3.51. The molecular weight excluding hydrogens is 199 g/mol. The molecule has 1 aromatic rings. The van der Waals surface area contributed by atoms with E-state index in [-0.39, 0.29) is 32.7 Å². The zero-order chi connectivity index (χ0) is 6.53. The van der Waals surface area contributed by atoms with Gasteiger partial charge >= 0.3 is 0 Å². The van der Waals surface area contributed by atoms with Gasteiger partial charge < -0.3 is 11.7 Å². The smallest absolute Gasteiger partial charge is 0.0255 e. The zero-order valence-corrected chi connectivity index (χ0v) is 8.53. The molecular formula is C8H8NY-. The van der Waals surface area contributed by atoms with Crippen LogP contribution in [0.4, 0.5) is 0 Å². The van der Waals surface area contributed by atoms with Crippen LogP contribution in [-0.2, 0) is 39.3 Å². The van der Waals surface area contributed by atoms with Crippen molar-refractivity contribution >= 4 is 6.72 Å². The number of hydrogen-bond acceptors (Lipinski definition) is 1. The van der Waals surface area contributed by atoms with E-state index in [1.165, 1.54) is 0 Å². The summed E-state index contributed by atoms with van der Waals surface area (Å²) in [5, 5.41) is 0. The first kappa shape index (κ1) is 9.99. The summed E-state index contributed by atoms with van der Waals surface area (Å²) in [5.41, 5.74) is 1.15. The SMILES string of the molecule is [CH-]=NCc1ccccc1.[Y]. The van der Waals surface area contributed by atoms with Gasteiger partial charge in [0.1, 0.15) is 0 Å². The molecule has 49 valence electrons. The van der Waals surface area contributed by atoms with E-state index >= 15 is 0 Å². The second kappa shape index (κ2) is 5.75. The van der Waals surface area contributed by atoms with E-state index < -0.39 is 0 Å². The van der Waals surface area contributed by atoms with Gasteiger partial charge in [-0.3, -0.25) is 0 Å². The third kappa shape index (κ3) is 3.24. The van der Waals surface area contributed by atoms with Crippen LogP contribution in [0.5, 0.6) is 0 Å². The maximum Gasteiger partial charge on any atom is 0.0255 e. The molecule has 1 nitrogen and oxygen atoms in total. The Labute approximate surface area is 86.4 Å². The van der Waals surface area contributed by atoms with Gasteiger partial charge in [0.15, 0.2) is 0 Å². The summed E-state index contributed by atoms with van der Waals surface area (Å²) in [5.74, 6) is 0. The van der Waals surface area contributed by atoms with Crippen molar-refractivity contribution in [1.29, 1.82) is 0 Å². The molecule has 0 saturated carbocycles. The molecule has 0 fully saturated rings. The zero-order valence-electron chi connectivity index (χ0n) is 5.70. The molecule has 0 unspecified atom stereocenters. The standard InChI is InChI=1S/C8H8N.Y/c1-9-7-8-5-3-2-4-6-8;/h1-6H,7H2;/q-1;. The predicted octanol–water partition coefficient (Wildman–Crippen LogP) is 1.76. The van der Waals surface area contributed by atoms with Crippen molar-refractivity contribution in [2.24, 2.45) is 4.99 Å². The topological polar surface area (TPSA) is 12.4 Å². The number of aliphatic imine (C=N–C) groups is 1. The summed E-state index contributed by atoms with van der Waals surface area (Å²) >= 11 is 0. The molecule has 0 aromatic heterocycles. The van der Waals surface area contributed by atoms with Crippen molar-refractivity contribution in [2.45, 2.75) is 6.54 Å². The van der Waals surface area contributed by atoms with Gasteiger partial charge in [-0.05, 0) is 5.56 Å². The van der Waals surface area contributed by atoms with Crippen molar-refractivity contribution in [3.05, 3.63) is 35.9 Å². The maximum absolute atomic E-state index is 4.99. The van der Waals surface area contributed by atoms with E-state index in [0.29, 0.717) is 6.54 Å². The van der Waals surface area contributed by atoms with Gasteiger partial charge in [0.05, 0.1) is 0 Å². The van der Waals surface area contributed by atoms with Gasteiger partial charge in [0.25, 0.3) is 0 Å². The van der Waals surface area contributed by atoms with Crippen LogP contribution in [0.25, 0.3) is 0 Å². The van der Waals surface area contributed by atoms with Crippen molar-refractivity contribution in [1.82, 2.24) is 0 Å². The molecule has 0 aliphatic carbocycles. The molecule has 0 amide bonds. The number of benzene rings is 1. The average molecular weight is 207 g/mol. The Morgan fingerprint density at radius 2 is 1.80 bits per heavy atom. The van der Waals surface area contributed by atoms with E-state index in [9.17, 15) is 0 Å². The van der Waals surface area contributed by atoms with Gasteiger partial charge in [-0.15, -0.1) is 0 Å². The molecule has 1 radical (unpaired) electrons. The van der Waals surface area contributed by atoms with Crippen LogP contribution in [0.3, 0.4) is 0 Å². The molecule has 0 aliphatic heterocycles. The third-order valence-electron chi connectivity index (χ3n) is 1.12. The Morgan fingerprint density at radius 1 is 1.20 bits per heavy atom. The molecule has 0 bridgehead atoms. The Balaban J connectivity index is 0.000000810. The summed E-state index contributed by atoms with van der Waals surface area (Å²) < 4.78 is 0. The molecule has 2 heteroatoms. The molecule has 1 aromatic carbocycles. The molecule has 0 heterocycles. The van der Waals surface area contributed by atoms with Crippen LogP contribution in [-0.4, -0.2) is 6.72 Å². The Bertz CT molecular complexity index is 184. The third-order valence-corrected chi connectivity index (χ3v) is 1.12. The fraction of sp³-hybridized carbons (Fsp3) is 0.125. The Morgan fingerprint density at radius 3 is 2.30 bits per heavy atom. The van der Waals surface area contributed by atoms with Crippen molar-refractivity contribution < 1.29 is 32.7 Å². The van der Waals surface area contributed by atoms with Crippen LogP contribution >= 0.6 is 0 Å². The van der Waals surface area contributed by atoms with Gasteiger partial charge in [-0.1, -0.05) is 30.3 Å². The molecule has 0 atom stereocenters. The molecule has 0 aliphatic rings. The first-order valence-corrected chi connectivity index (χ1v) is 2.84. The summed E-state index contributed by atoms with van der Waals surface area (Å²) in [6.07, 6.45) is 0. The first-order chi connectivity index (χ1) is 4.43. The minimum absolute atomic E-state index is 0. The molecule has 10 heavy (non-hydrogen) atoms. The van der Waals surface area contributed by atoms with Gasteiger partial charge in [0, 0.05) is 39.3 Å². The van der Waals surface area contributed by atoms with E-state index in [1.807, 2.05) is 30.3 Å². The summed E-state index contributed by atoms with van der Waals surface area (Å²) in [6.45, 7) is 5.60. The van der Waals surface area contributed by atoms with Gasteiger partial charge in [-0.2, -0.15) is 0 Å². The van der Waals surface area contributed by atoms with Crippen LogP contribution < -0.4 is 0 Å². The van der Waals surface area contributed by atoms with Crippen LogP contribution in [0.15, 0.2) is 35.3 Å². The van der Waals surface area contributed by atoms with Crippen LogP contribution in [0.2, 0.25) is 0 Å². The van der Waals surface area contributed by atoms with Gasteiger partial charge in [-0.25, -0.2) is 0 Å². The fourth-order valence-electron chi connectivity index (χ4n) is 0.689. The van der Waals surface area contributed by atoms with Crippen molar-refractivity contribution in [3.8, 4) is 0 Å². The molecule has 0 N–H and O–H groups in total. The normalized spacial score (nSPS) is 8.00. The van der Waals surface area contributed by atoms with Gasteiger partial charge in [0.2, 0.25) is 0 Å². The number of hydrogen-bond donors (Lipinski definition) is 0. The minimum Gasteiger partial charge on any atom is -0.502 e. The molecule has 1 rings (SSSR count).